The molecule has 204 valence electrons. The molecule has 5 aliphatic carbocycles. The van der Waals surface area contributed by atoms with Gasteiger partial charge in [-0.05, 0) is 97.2 Å². The minimum absolute atomic E-state index is 0.0137. The molecule has 5 rings (SSSR count). The Kier molecular flexibility index (Phi) is 6.15. The van der Waals surface area contributed by atoms with E-state index in [0.717, 1.165) is 44.9 Å². The quantitative estimate of drug-likeness (QED) is 0.360. The molecule has 0 aromatic heterocycles. The van der Waals surface area contributed by atoms with E-state index in [1.54, 1.807) is 7.11 Å². The minimum atomic E-state index is -0.893. The van der Waals surface area contributed by atoms with E-state index in [2.05, 4.69) is 40.7 Å². The molecule has 0 amide bonds. The maximum absolute atomic E-state index is 13.4. The Morgan fingerprint density at radius 3 is 2.36 bits per heavy atom. The highest BCUT2D eigenvalue weighted by Crippen LogP contribution is 2.75. The first kappa shape index (κ1) is 26.7. The number of rotatable bonds is 2. The summed E-state index contributed by atoms with van der Waals surface area (Å²) >= 11 is 0. The Bertz CT molecular complexity index is 945. The molecule has 0 saturated heterocycles. The fourth-order valence-electron chi connectivity index (χ4n) is 11.2. The smallest absolute Gasteiger partial charge is 0.312 e. The molecule has 36 heavy (non-hydrogen) atoms. The van der Waals surface area contributed by atoms with Gasteiger partial charge in [0.05, 0.1) is 31.3 Å². The van der Waals surface area contributed by atoms with Gasteiger partial charge in [0.1, 0.15) is 0 Å². The number of methoxy groups -OCH3 is 1. The SMILES string of the molecule is COC(=O)C12CC[C@@H](C)[C@H](C)C1C1=CCC3[C@@]4(C)CC(O)C(O)C(C)(CO)C4CC[C@@]3(C)[C@]1(C)CC2. The van der Waals surface area contributed by atoms with Crippen LogP contribution >= 0.6 is 0 Å². The van der Waals surface area contributed by atoms with Gasteiger partial charge in [-0.15, -0.1) is 0 Å². The molecule has 7 unspecified atom stereocenters. The number of hydrogen-bond acceptors (Lipinski definition) is 5. The van der Waals surface area contributed by atoms with E-state index < -0.39 is 23.0 Å². The van der Waals surface area contributed by atoms with E-state index in [-0.39, 0.29) is 40.7 Å². The third-order valence-corrected chi connectivity index (χ3v) is 13.7. The number of hydrogen-bond donors (Lipinski definition) is 3. The minimum Gasteiger partial charge on any atom is -0.469 e. The maximum Gasteiger partial charge on any atom is 0.312 e. The molecule has 5 nitrogen and oxygen atoms in total. The fourth-order valence-corrected chi connectivity index (χ4v) is 11.2. The highest BCUT2D eigenvalue weighted by Gasteiger charge is 2.70. The van der Waals surface area contributed by atoms with Gasteiger partial charge in [-0.2, -0.15) is 0 Å². The van der Waals surface area contributed by atoms with Crippen LogP contribution in [0.3, 0.4) is 0 Å². The molecule has 5 aliphatic rings. The number of esters is 1. The summed E-state index contributed by atoms with van der Waals surface area (Å²) in [5.41, 5.74) is 0.240. The van der Waals surface area contributed by atoms with Crippen molar-refractivity contribution in [1.82, 2.24) is 0 Å². The zero-order chi connectivity index (χ0) is 26.5. The standard InChI is InChI=1S/C31H50O5/c1-18-10-13-31(26(35)36-7)15-14-29(5)20(24(31)19(18)2)8-9-23-27(3)16-21(33)25(34)28(4,17-32)22(27)11-12-30(23,29)6/h8,18-19,21-25,32-34H,9-17H2,1-7H3/t18-,19+,21?,22?,23?,24?,25?,27+,28?,29-,30-,31?/m1/s1. The Morgan fingerprint density at radius 2 is 1.72 bits per heavy atom. The lowest BCUT2D eigenvalue weighted by atomic mass is 9.33. The second-order valence-corrected chi connectivity index (χ2v) is 14.7. The van der Waals surface area contributed by atoms with Crippen LogP contribution in [0.25, 0.3) is 0 Å². The van der Waals surface area contributed by atoms with Gasteiger partial charge in [-0.3, -0.25) is 4.79 Å². The number of carbonyl (C=O) groups is 1. The lowest BCUT2D eigenvalue weighted by molar-refractivity contribution is -0.244. The Labute approximate surface area is 218 Å². The molecule has 5 heteroatoms. The van der Waals surface area contributed by atoms with Crippen LogP contribution in [-0.4, -0.2) is 47.2 Å². The van der Waals surface area contributed by atoms with Crippen LogP contribution < -0.4 is 0 Å². The molecule has 12 atom stereocenters. The normalized spacial score (nSPS) is 56.4. The van der Waals surface area contributed by atoms with Gasteiger partial charge in [-0.25, -0.2) is 0 Å². The van der Waals surface area contributed by atoms with Gasteiger partial charge in [0.25, 0.3) is 0 Å². The third kappa shape index (κ3) is 3.03. The first-order chi connectivity index (χ1) is 16.8. The molecule has 0 radical (unpaired) electrons. The molecule has 0 aliphatic heterocycles. The van der Waals surface area contributed by atoms with E-state index in [1.807, 2.05) is 6.92 Å². The molecule has 0 heterocycles. The molecule has 4 saturated carbocycles. The average molecular weight is 503 g/mol. The fraction of sp³-hybridized carbons (Fsp3) is 0.903. The predicted octanol–water partition coefficient (Wildman–Crippen LogP) is 5.12. The van der Waals surface area contributed by atoms with Crippen molar-refractivity contribution in [3.05, 3.63) is 11.6 Å². The zero-order valence-electron chi connectivity index (χ0n) is 23.6. The summed E-state index contributed by atoms with van der Waals surface area (Å²) in [6, 6.07) is 0. The summed E-state index contributed by atoms with van der Waals surface area (Å²) in [5, 5.41) is 32.5. The van der Waals surface area contributed by atoms with Crippen molar-refractivity contribution in [2.75, 3.05) is 13.7 Å². The van der Waals surface area contributed by atoms with Crippen molar-refractivity contribution in [3.63, 3.8) is 0 Å². The van der Waals surface area contributed by atoms with Gasteiger partial charge in [-0.1, -0.05) is 53.2 Å². The van der Waals surface area contributed by atoms with E-state index in [4.69, 9.17) is 4.74 Å². The molecule has 0 spiro atoms. The molecule has 0 aromatic rings. The summed E-state index contributed by atoms with van der Waals surface area (Å²) in [6.45, 7) is 13.9. The highest BCUT2D eigenvalue weighted by molar-refractivity contribution is 5.78. The van der Waals surface area contributed by atoms with Crippen LogP contribution in [-0.2, 0) is 9.53 Å². The molecular weight excluding hydrogens is 452 g/mol. The van der Waals surface area contributed by atoms with Crippen molar-refractivity contribution < 1.29 is 24.9 Å². The lowest BCUT2D eigenvalue weighted by Crippen LogP contribution is -2.68. The van der Waals surface area contributed by atoms with E-state index in [1.165, 1.54) is 5.57 Å². The van der Waals surface area contributed by atoms with E-state index >= 15 is 0 Å². The molecule has 4 fully saturated rings. The third-order valence-electron chi connectivity index (χ3n) is 13.7. The summed E-state index contributed by atoms with van der Waals surface area (Å²) in [6.07, 6.45) is 8.18. The monoisotopic (exact) mass is 502 g/mol. The van der Waals surface area contributed by atoms with E-state index in [0.29, 0.717) is 24.2 Å². The molecule has 0 aromatic carbocycles. The van der Waals surface area contributed by atoms with E-state index in [9.17, 15) is 20.1 Å². The number of ether oxygens (including phenoxy) is 1. The number of aliphatic hydroxyl groups is 3. The maximum atomic E-state index is 13.4. The van der Waals surface area contributed by atoms with Crippen molar-refractivity contribution in [2.24, 2.45) is 56.7 Å². The zero-order valence-corrected chi connectivity index (χ0v) is 23.6. The Morgan fingerprint density at radius 1 is 1.03 bits per heavy atom. The second kappa shape index (κ2) is 8.29. The number of carbonyl (C=O) groups excluding carboxylic acids is 1. The van der Waals surface area contributed by atoms with Gasteiger partial charge in [0.15, 0.2) is 0 Å². The second-order valence-electron chi connectivity index (χ2n) is 14.7. The number of allylic oxidation sites excluding steroid dienone is 2. The summed E-state index contributed by atoms with van der Waals surface area (Å²) < 4.78 is 5.48. The van der Waals surface area contributed by atoms with Crippen molar-refractivity contribution in [2.45, 2.75) is 105 Å². The number of aliphatic hydroxyl groups excluding tert-OH is 3. The largest absolute Gasteiger partial charge is 0.469 e. The van der Waals surface area contributed by atoms with Crippen LogP contribution in [0.15, 0.2) is 11.6 Å². The lowest BCUT2D eigenvalue weighted by Gasteiger charge is -2.71. The first-order valence-electron chi connectivity index (χ1n) is 14.5. The van der Waals surface area contributed by atoms with Crippen molar-refractivity contribution in [3.8, 4) is 0 Å². The van der Waals surface area contributed by atoms with Crippen LogP contribution in [0.4, 0.5) is 0 Å². The Balaban J connectivity index is 1.62. The van der Waals surface area contributed by atoms with Gasteiger partial charge in [0, 0.05) is 5.41 Å². The molecule has 0 bridgehead atoms. The van der Waals surface area contributed by atoms with Crippen LogP contribution in [0.2, 0.25) is 0 Å². The van der Waals surface area contributed by atoms with Crippen molar-refractivity contribution >= 4 is 5.97 Å². The highest BCUT2D eigenvalue weighted by atomic mass is 16.5. The van der Waals surface area contributed by atoms with Crippen molar-refractivity contribution in [1.29, 1.82) is 0 Å². The molecule has 3 N–H and O–H groups in total. The summed E-state index contributed by atoms with van der Waals surface area (Å²) in [5.74, 6) is 1.73. The molecular formula is C31H50O5. The Hall–Kier alpha value is -0.910. The number of fused-ring (bicyclic) bond motifs is 7. The summed E-state index contributed by atoms with van der Waals surface area (Å²) in [4.78, 5) is 13.4. The van der Waals surface area contributed by atoms with Gasteiger partial charge in [0.2, 0.25) is 0 Å². The van der Waals surface area contributed by atoms with Crippen LogP contribution in [0.5, 0.6) is 0 Å². The first-order valence-corrected chi connectivity index (χ1v) is 14.5. The van der Waals surface area contributed by atoms with Gasteiger partial charge < -0.3 is 20.1 Å². The van der Waals surface area contributed by atoms with Gasteiger partial charge >= 0.3 is 5.97 Å². The predicted molar refractivity (Wildman–Crippen MR) is 140 cm³/mol. The summed E-state index contributed by atoms with van der Waals surface area (Å²) in [7, 11) is 1.56. The van der Waals surface area contributed by atoms with Crippen LogP contribution in [0, 0.1) is 56.7 Å². The topological polar surface area (TPSA) is 87.0 Å². The average Bonchev–Trinajstić information content (AvgIpc) is 2.84. The van der Waals surface area contributed by atoms with Crippen LogP contribution in [0.1, 0.15) is 92.9 Å².